The number of amides is 1. The van der Waals surface area contributed by atoms with Crippen LogP contribution in [0.25, 0.3) is 0 Å². The topological polar surface area (TPSA) is 95.9 Å². The number of carbonyl (C=O) groups excluding carboxylic acids is 2. The zero-order valence-electron chi connectivity index (χ0n) is 47.5. The summed E-state index contributed by atoms with van der Waals surface area (Å²) in [5.74, 6) is -0.0470. The summed E-state index contributed by atoms with van der Waals surface area (Å²) in [6, 6.07) is -0.554. The number of rotatable bonds is 60. The highest BCUT2D eigenvalue weighted by molar-refractivity contribution is 5.76. The van der Waals surface area contributed by atoms with Gasteiger partial charge in [0.15, 0.2) is 0 Å². The van der Waals surface area contributed by atoms with Crippen LogP contribution in [0.3, 0.4) is 0 Å². The predicted molar refractivity (Wildman–Crippen MR) is 306 cm³/mol. The standard InChI is InChI=1S/C64H125NO5/c1-3-5-7-9-11-13-15-17-19-20-21-22-23-24-25-26-29-32-36-40-44-48-52-56-62(67)61(60-66)65-63(68)57-53-49-45-41-37-33-30-27-28-31-35-39-43-47-51-55-59-70-64(69)58-54-50-46-42-38-34-18-16-14-12-10-8-6-4-2/h27,30,61-62,66-67H,3-26,28-29,31-60H2,1-2H3,(H,65,68)/b30-27-. The molecule has 0 saturated carbocycles. The zero-order valence-corrected chi connectivity index (χ0v) is 47.5. The van der Waals surface area contributed by atoms with Gasteiger partial charge in [-0.15, -0.1) is 0 Å². The number of ether oxygens (including phenoxy) is 1. The van der Waals surface area contributed by atoms with Gasteiger partial charge in [0.2, 0.25) is 5.91 Å². The lowest BCUT2D eigenvalue weighted by molar-refractivity contribution is -0.143. The molecule has 2 atom stereocenters. The number of unbranched alkanes of at least 4 members (excludes halogenated alkanes) is 47. The SMILES string of the molecule is CCCCCCCCCCCCCCCCCCCCCCCCCC(O)C(CO)NC(=O)CCCCCCC/C=C\CCCCCCCCCOC(=O)CCCCCCCCCCCCCCCC. The van der Waals surface area contributed by atoms with Gasteiger partial charge in [-0.1, -0.05) is 309 Å². The van der Waals surface area contributed by atoms with Crippen molar-refractivity contribution in [3.63, 3.8) is 0 Å². The van der Waals surface area contributed by atoms with Crippen LogP contribution in [0.4, 0.5) is 0 Å². The fraction of sp³-hybridized carbons (Fsp3) is 0.938. The largest absolute Gasteiger partial charge is 0.466 e. The summed E-state index contributed by atoms with van der Waals surface area (Å²) >= 11 is 0. The number of hydrogen-bond acceptors (Lipinski definition) is 5. The molecule has 0 aromatic heterocycles. The van der Waals surface area contributed by atoms with E-state index < -0.39 is 12.1 Å². The van der Waals surface area contributed by atoms with Gasteiger partial charge >= 0.3 is 5.97 Å². The quantitative estimate of drug-likeness (QED) is 0.0321. The lowest BCUT2D eigenvalue weighted by Crippen LogP contribution is -2.45. The molecular weight excluding hydrogens is 863 g/mol. The van der Waals surface area contributed by atoms with Gasteiger partial charge in [0.25, 0.3) is 0 Å². The molecule has 0 aliphatic rings. The van der Waals surface area contributed by atoms with Crippen molar-refractivity contribution in [2.24, 2.45) is 0 Å². The summed E-state index contributed by atoms with van der Waals surface area (Å²) in [5.41, 5.74) is 0. The second-order valence-electron chi connectivity index (χ2n) is 22.1. The first-order valence-electron chi connectivity index (χ1n) is 31.9. The van der Waals surface area contributed by atoms with Crippen LogP contribution < -0.4 is 5.32 Å². The van der Waals surface area contributed by atoms with Gasteiger partial charge in [0.1, 0.15) is 0 Å². The van der Waals surface area contributed by atoms with E-state index in [9.17, 15) is 19.8 Å². The normalized spacial score (nSPS) is 12.6. The zero-order chi connectivity index (χ0) is 50.7. The highest BCUT2D eigenvalue weighted by Gasteiger charge is 2.20. The van der Waals surface area contributed by atoms with Crippen molar-refractivity contribution >= 4 is 11.9 Å². The molecule has 2 unspecified atom stereocenters. The fourth-order valence-corrected chi connectivity index (χ4v) is 10.2. The maximum absolute atomic E-state index is 12.5. The molecule has 0 aromatic rings. The minimum Gasteiger partial charge on any atom is -0.466 e. The molecule has 416 valence electrons. The van der Waals surface area contributed by atoms with Gasteiger partial charge in [-0.25, -0.2) is 0 Å². The van der Waals surface area contributed by atoms with E-state index in [0.717, 1.165) is 64.2 Å². The Labute approximate surface area is 438 Å². The first-order valence-corrected chi connectivity index (χ1v) is 31.9. The van der Waals surface area contributed by atoms with E-state index in [1.807, 2.05) is 0 Å². The van der Waals surface area contributed by atoms with Crippen molar-refractivity contribution in [1.82, 2.24) is 5.32 Å². The van der Waals surface area contributed by atoms with E-state index in [-0.39, 0.29) is 18.5 Å². The minimum atomic E-state index is -0.675. The number of esters is 1. The molecule has 0 saturated heterocycles. The van der Waals surface area contributed by atoms with Crippen LogP contribution in [0.1, 0.15) is 361 Å². The maximum Gasteiger partial charge on any atom is 0.305 e. The monoisotopic (exact) mass is 988 g/mol. The summed E-state index contributed by atoms with van der Waals surface area (Å²) < 4.78 is 5.48. The molecule has 0 fully saturated rings. The Hall–Kier alpha value is -1.40. The van der Waals surface area contributed by atoms with E-state index in [0.29, 0.717) is 25.9 Å². The Morgan fingerprint density at radius 2 is 0.671 bits per heavy atom. The number of hydrogen-bond donors (Lipinski definition) is 3. The van der Waals surface area contributed by atoms with Crippen LogP contribution >= 0.6 is 0 Å². The molecule has 0 rings (SSSR count). The van der Waals surface area contributed by atoms with E-state index in [2.05, 4.69) is 31.3 Å². The van der Waals surface area contributed by atoms with Crippen molar-refractivity contribution in [2.45, 2.75) is 373 Å². The molecule has 0 heterocycles. The van der Waals surface area contributed by atoms with Crippen molar-refractivity contribution in [1.29, 1.82) is 0 Å². The van der Waals surface area contributed by atoms with Crippen LogP contribution in [-0.4, -0.2) is 47.4 Å². The van der Waals surface area contributed by atoms with Crippen LogP contribution in [0.2, 0.25) is 0 Å². The molecule has 3 N–H and O–H groups in total. The van der Waals surface area contributed by atoms with Gasteiger partial charge in [-0.3, -0.25) is 9.59 Å². The number of nitrogens with one attached hydrogen (secondary N) is 1. The Morgan fingerprint density at radius 3 is 1.01 bits per heavy atom. The summed E-state index contributed by atoms with van der Waals surface area (Å²) in [6.07, 6.45) is 72.2. The summed E-state index contributed by atoms with van der Waals surface area (Å²) in [5, 5.41) is 23.4. The fourth-order valence-electron chi connectivity index (χ4n) is 10.2. The molecule has 0 aliphatic carbocycles. The van der Waals surface area contributed by atoms with Gasteiger partial charge in [0.05, 0.1) is 25.4 Å². The molecular formula is C64H125NO5. The summed E-state index contributed by atoms with van der Waals surface area (Å²) in [7, 11) is 0. The maximum atomic E-state index is 12.5. The summed E-state index contributed by atoms with van der Waals surface area (Å²) in [6.45, 7) is 4.96. The average molecular weight is 989 g/mol. The highest BCUT2D eigenvalue weighted by atomic mass is 16.5. The molecule has 6 nitrogen and oxygen atoms in total. The Kier molecular flexibility index (Phi) is 59.0. The second kappa shape index (κ2) is 60.2. The van der Waals surface area contributed by atoms with Gasteiger partial charge in [0, 0.05) is 12.8 Å². The Balaban J connectivity index is 3.45. The van der Waals surface area contributed by atoms with Crippen LogP contribution in [0.5, 0.6) is 0 Å². The third-order valence-corrected chi connectivity index (χ3v) is 15.1. The molecule has 6 heteroatoms. The van der Waals surface area contributed by atoms with Gasteiger partial charge < -0.3 is 20.3 Å². The van der Waals surface area contributed by atoms with E-state index in [1.165, 1.54) is 263 Å². The lowest BCUT2D eigenvalue weighted by Gasteiger charge is -2.22. The van der Waals surface area contributed by atoms with Crippen molar-refractivity contribution in [3.8, 4) is 0 Å². The number of carbonyl (C=O) groups is 2. The van der Waals surface area contributed by atoms with Crippen LogP contribution in [0.15, 0.2) is 12.2 Å². The smallest absolute Gasteiger partial charge is 0.305 e. The molecule has 0 aromatic carbocycles. The van der Waals surface area contributed by atoms with E-state index in [1.54, 1.807) is 0 Å². The van der Waals surface area contributed by atoms with Crippen molar-refractivity contribution in [2.75, 3.05) is 13.2 Å². The van der Waals surface area contributed by atoms with E-state index >= 15 is 0 Å². The Bertz CT molecular complexity index is 1050. The van der Waals surface area contributed by atoms with Gasteiger partial charge in [-0.05, 0) is 51.4 Å². The summed E-state index contributed by atoms with van der Waals surface area (Å²) in [4.78, 5) is 24.6. The Morgan fingerprint density at radius 1 is 0.386 bits per heavy atom. The average Bonchev–Trinajstić information content (AvgIpc) is 3.36. The first kappa shape index (κ1) is 68.6. The van der Waals surface area contributed by atoms with Crippen molar-refractivity contribution < 1.29 is 24.5 Å². The second-order valence-corrected chi connectivity index (χ2v) is 22.1. The third kappa shape index (κ3) is 55.9. The number of aliphatic hydroxyl groups is 2. The molecule has 0 spiro atoms. The van der Waals surface area contributed by atoms with Crippen LogP contribution in [0, 0.1) is 0 Å². The molecule has 1 amide bonds. The number of aliphatic hydroxyl groups excluding tert-OH is 2. The minimum absolute atomic E-state index is 0.000618. The first-order chi connectivity index (χ1) is 34.5. The van der Waals surface area contributed by atoms with E-state index in [4.69, 9.17) is 4.74 Å². The predicted octanol–water partition coefficient (Wildman–Crippen LogP) is 20.0. The molecule has 70 heavy (non-hydrogen) atoms. The number of allylic oxidation sites excluding steroid dienone is 2. The molecule has 0 aliphatic heterocycles. The van der Waals surface area contributed by atoms with Crippen LogP contribution in [-0.2, 0) is 14.3 Å². The molecule has 0 radical (unpaired) electrons. The highest BCUT2D eigenvalue weighted by Crippen LogP contribution is 2.18. The lowest BCUT2D eigenvalue weighted by atomic mass is 10.0. The van der Waals surface area contributed by atoms with Gasteiger partial charge in [-0.2, -0.15) is 0 Å². The molecule has 0 bridgehead atoms. The third-order valence-electron chi connectivity index (χ3n) is 15.1. The van der Waals surface area contributed by atoms with Crippen molar-refractivity contribution in [3.05, 3.63) is 12.2 Å².